The summed E-state index contributed by atoms with van der Waals surface area (Å²) in [5.41, 5.74) is 11.8. The van der Waals surface area contributed by atoms with E-state index >= 15 is 0 Å². The van der Waals surface area contributed by atoms with Gasteiger partial charge >= 0.3 is 0 Å². The molecule has 0 atom stereocenters. The van der Waals surface area contributed by atoms with Gasteiger partial charge in [0.1, 0.15) is 5.75 Å². The minimum absolute atomic E-state index is 0.0303. The quantitative estimate of drug-likeness (QED) is 0.592. The van der Waals surface area contributed by atoms with Crippen molar-refractivity contribution in [2.45, 2.75) is 0 Å². The second-order valence-corrected chi connectivity index (χ2v) is 5.44. The van der Waals surface area contributed by atoms with E-state index in [1.54, 1.807) is 6.07 Å². The molecule has 2 amide bonds. The first kappa shape index (κ1) is 17.9. The Morgan fingerprint density at radius 2 is 1.63 bits per heavy atom. The van der Waals surface area contributed by atoms with Gasteiger partial charge in [-0.05, 0) is 11.6 Å². The molecule has 0 bridgehead atoms. The van der Waals surface area contributed by atoms with Crippen molar-refractivity contribution in [1.82, 2.24) is 20.8 Å². The van der Waals surface area contributed by atoms with E-state index in [4.69, 9.17) is 10.5 Å². The fraction of sp³-hybridized carbons (Fsp3) is 0.0526. The largest absolute Gasteiger partial charge is 0.483 e. The highest BCUT2D eigenvalue weighted by Gasteiger charge is 2.13. The number of amides is 2. The lowest BCUT2D eigenvalue weighted by atomic mass is 10.1. The topological polar surface area (TPSA) is 119 Å². The van der Waals surface area contributed by atoms with Crippen molar-refractivity contribution in [2.75, 3.05) is 12.3 Å². The van der Waals surface area contributed by atoms with Gasteiger partial charge in [0.25, 0.3) is 11.8 Å². The average Bonchev–Trinajstić information content (AvgIpc) is 2.71. The van der Waals surface area contributed by atoms with Crippen LogP contribution in [0.4, 0.5) is 5.82 Å². The molecule has 4 N–H and O–H groups in total. The molecule has 27 heavy (non-hydrogen) atoms. The van der Waals surface area contributed by atoms with E-state index in [1.165, 1.54) is 12.4 Å². The second kappa shape index (κ2) is 8.43. The maximum atomic E-state index is 12.0. The van der Waals surface area contributed by atoms with Crippen molar-refractivity contribution in [3.8, 4) is 16.9 Å². The fourth-order valence-electron chi connectivity index (χ4n) is 2.34. The summed E-state index contributed by atoms with van der Waals surface area (Å²) in [4.78, 5) is 31.5. The average molecular weight is 363 g/mol. The zero-order chi connectivity index (χ0) is 19.1. The molecule has 0 spiro atoms. The van der Waals surface area contributed by atoms with E-state index in [1.807, 2.05) is 48.5 Å². The van der Waals surface area contributed by atoms with E-state index < -0.39 is 11.8 Å². The van der Waals surface area contributed by atoms with Crippen LogP contribution in [-0.2, 0) is 4.79 Å². The number of nitrogen functional groups attached to an aromatic ring is 1. The number of nitrogens with one attached hydrogen (secondary N) is 2. The zero-order valence-corrected chi connectivity index (χ0v) is 14.3. The second-order valence-electron chi connectivity index (χ2n) is 5.44. The minimum atomic E-state index is -0.668. The van der Waals surface area contributed by atoms with Crippen LogP contribution in [0.15, 0.2) is 67.0 Å². The zero-order valence-electron chi connectivity index (χ0n) is 14.3. The lowest BCUT2D eigenvalue weighted by Crippen LogP contribution is -2.44. The summed E-state index contributed by atoms with van der Waals surface area (Å²) in [6.45, 7) is -0.278. The smallest absolute Gasteiger partial charge is 0.292 e. The standard InChI is InChI=1S/C19H17N5O3/c20-18-17(21-10-11-22-18)19(26)24-23-16(25)12-27-15-9-5-4-8-14(15)13-6-2-1-3-7-13/h1-11H,12H2,(H2,20,22)(H,23,25)(H,24,26). The van der Waals surface area contributed by atoms with Crippen LogP contribution in [-0.4, -0.2) is 28.4 Å². The predicted octanol–water partition coefficient (Wildman–Crippen LogP) is 1.57. The first-order chi connectivity index (χ1) is 13.1. The molecule has 0 aliphatic rings. The third-order valence-electron chi connectivity index (χ3n) is 3.59. The molecule has 3 aromatic rings. The minimum Gasteiger partial charge on any atom is -0.483 e. The molecule has 0 fully saturated rings. The van der Waals surface area contributed by atoms with E-state index in [-0.39, 0.29) is 18.1 Å². The van der Waals surface area contributed by atoms with Crippen LogP contribution in [0.3, 0.4) is 0 Å². The van der Waals surface area contributed by atoms with Crippen molar-refractivity contribution in [2.24, 2.45) is 0 Å². The number of benzene rings is 2. The van der Waals surface area contributed by atoms with Gasteiger partial charge in [-0.25, -0.2) is 9.97 Å². The molecular formula is C19H17N5O3. The molecule has 1 heterocycles. The molecule has 0 aliphatic carbocycles. The molecule has 8 heteroatoms. The molecule has 0 radical (unpaired) electrons. The number of hydrazine groups is 1. The molecule has 1 aromatic heterocycles. The Morgan fingerprint density at radius 3 is 2.41 bits per heavy atom. The number of hydrogen-bond acceptors (Lipinski definition) is 6. The number of rotatable bonds is 5. The van der Waals surface area contributed by atoms with E-state index in [0.717, 1.165) is 11.1 Å². The Balaban J connectivity index is 1.57. The molecule has 3 rings (SSSR count). The number of anilines is 1. The number of nitrogens with two attached hydrogens (primary N) is 1. The fourth-order valence-corrected chi connectivity index (χ4v) is 2.34. The van der Waals surface area contributed by atoms with Gasteiger partial charge in [0.05, 0.1) is 0 Å². The summed E-state index contributed by atoms with van der Waals surface area (Å²) >= 11 is 0. The van der Waals surface area contributed by atoms with Gasteiger partial charge in [-0.1, -0.05) is 48.5 Å². The van der Waals surface area contributed by atoms with Gasteiger partial charge < -0.3 is 10.5 Å². The third-order valence-corrected chi connectivity index (χ3v) is 3.59. The maximum Gasteiger partial charge on any atom is 0.292 e. The SMILES string of the molecule is Nc1nccnc1C(=O)NNC(=O)COc1ccccc1-c1ccccc1. The molecule has 0 saturated heterocycles. The van der Waals surface area contributed by atoms with Gasteiger partial charge in [-0.15, -0.1) is 0 Å². The van der Waals surface area contributed by atoms with Crippen LogP contribution in [0.5, 0.6) is 5.75 Å². The Bertz CT molecular complexity index is 947. The van der Waals surface area contributed by atoms with E-state index in [0.29, 0.717) is 5.75 Å². The highest BCUT2D eigenvalue weighted by molar-refractivity contribution is 5.97. The Kier molecular flexibility index (Phi) is 5.58. The lowest BCUT2D eigenvalue weighted by molar-refractivity contribution is -0.123. The number of ether oxygens (including phenoxy) is 1. The van der Waals surface area contributed by atoms with Gasteiger partial charge in [-0.3, -0.25) is 20.4 Å². The molecule has 0 unspecified atom stereocenters. The monoisotopic (exact) mass is 363 g/mol. The third kappa shape index (κ3) is 4.57. The maximum absolute atomic E-state index is 12.0. The van der Waals surface area contributed by atoms with Crippen molar-refractivity contribution >= 4 is 17.6 Å². The normalized spacial score (nSPS) is 10.1. The number of carbonyl (C=O) groups is 2. The first-order valence-corrected chi connectivity index (χ1v) is 8.08. The molecule has 0 saturated carbocycles. The van der Waals surface area contributed by atoms with Gasteiger partial charge in [0.2, 0.25) is 0 Å². The molecule has 8 nitrogen and oxygen atoms in total. The molecule has 2 aromatic carbocycles. The lowest BCUT2D eigenvalue weighted by Gasteiger charge is -2.12. The summed E-state index contributed by atoms with van der Waals surface area (Å²) in [7, 11) is 0. The van der Waals surface area contributed by atoms with Crippen LogP contribution in [0.1, 0.15) is 10.5 Å². The van der Waals surface area contributed by atoms with Crippen LogP contribution in [0.2, 0.25) is 0 Å². The van der Waals surface area contributed by atoms with Crippen LogP contribution < -0.4 is 21.3 Å². The van der Waals surface area contributed by atoms with Crippen molar-refractivity contribution in [3.63, 3.8) is 0 Å². The Hall–Kier alpha value is -3.94. The van der Waals surface area contributed by atoms with Crippen molar-refractivity contribution in [3.05, 3.63) is 72.7 Å². The van der Waals surface area contributed by atoms with Gasteiger partial charge in [0.15, 0.2) is 18.1 Å². The highest BCUT2D eigenvalue weighted by atomic mass is 16.5. The number of hydrogen-bond donors (Lipinski definition) is 3. The Morgan fingerprint density at radius 1 is 0.926 bits per heavy atom. The van der Waals surface area contributed by atoms with Gasteiger partial charge in [0, 0.05) is 18.0 Å². The first-order valence-electron chi connectivity index (χ1n) is 8.08. The van der Waals surface area contributed by atoms with E-state index in [9.17, 15) is 9.59 Å². The number of para-hydroxylation sites is 1. The molecular weight excluding hydrogens is 346 g/mol. The van der Waals surface area contributed by atoms with Crippen LogP contribution >= 0.6 is 0 Å². The molecule has 0 aliphatic heterocycles. The van der Waals surface area contributed by atoms with Gasteiger partial charge in [-0.2, -0.15) is 0 Å². The number of carbonyl (C=O) groups excluding carboxylic acids is 2. The summed E-state index contributed by atoms with van der Waals surface area (Å²) in [5.74, 6) is -0.673. The summed E-state index contributed by atoms with van der Waals surface area (Å²) in [6, 6.07) is 17.1. The highest BCUT2D eigenvalue weighted by Crippen LogP contribution is 2.29. The van der Waals surface area contributed by atoms with Crippen molar-refractivity contribution < 1.29 is 14.3 Å². The van der Waals surface area contributed by atoms with Crippen molar-refractivity contribution in [1.29, 1.82) is 0 Å². The molecule has 136 valence electrons. The number of nitrogens with zero attached hydrogens (tertiary/aromatic N) is 2. The van der Waals surface area contributed by atoms with Crippen LogP contribution in [0, 0.1) is 0 Å². The van der Waals surface area contributed by atoms with E-state index in [2.05, 4.69) is 20.8 Å². The summed E-state index contributed by atoms with van der Waals surface area (Å²) in [6.07, 6.45) is 2.69. The predicted molar refractivity (Wildman–Crippen MR) is 99.4 cm³/mol. The summed E-state index contributed by atoms with van der Waals surface area (Å²) in [5, 5.41) is 0. The number of aromatic nitrogens is 2. The summed E-state index contributed by atoms with van der Waals surface area (Å²) < 4.78 is 5.60. The van der Waals surface area contributed by atoms with Crippen LogP contribution in [0.25, 0.3) is 11.1 Å². The Labute approximate surface area is 155 Å².